The molecule has 0 saturated carbocycles. The molecule has 9 nitrogen and oxygen atoms in total. The molecule has 9 heteroatoms. The van der Waals surface area contributed by atoms with E-state index in [0.29, 0.717) is 25.3 Å². The molecule has 4 rings (SSSR count). The summed E-state index contributed by atoms with van der Waals surface area (Å²) < 4.78 is 7.01. The van der Waals surface area contributed by atoms with E-state index in [4.69, 9.17) is 4.74 Å². The Kier molecular flexibility index (Phi) is 4.31. The number of anilines is 1. The van der Waals surface area contributed by atoms with Crippen molar-refractivity contribution in [1.29, 1.82) is 0 Å². The van der Waals surface area contributed by atoms with E-state index in [0.717, 1.165) is 37.9 Å². The Morgan fingerprint density at radius 2 is 2.04 bits per heavy atom. The third kappa shape index (κ3) is 3.39. The van der Waals surface area contributed by atoms with Gasteiger partial charge in [0.25, 0.3) is 5.91 Å². The fourth-order valence-corrected chi connectivity index (χ4v) is 3.33. The molecule has 0 aliphatic carbocycles. The molecular formula is C17H23N7O2. The van der Waals surface area contributed by atoms with Crippen molar-refractivity contribution in [2.45, 2.75) is 20.4 Å². The van der Waals surface area contributed by atoms with Crippen molar-refractivity contribution in [3.05, 3.63) is 30.0 Å². The molecule has 2 aliphatic heterocycles. The van der Waals surface area contributed by atoms with Gasteiger partial charge in [-0.2, -0.15) is 0 Å². The second kappa shape index (κ2) is 6.64. The highest BCUT2D eigenvalue weighted by Gasteiger charge is 2.34. The van der Waals surface area contributed by atoms with Crippen molar-refractivity contribution < 1.29 is 9.53 Å². The van der Waals surface area contributed by atoms with Crippen LogP contribution in [0.15, 0.2) is 18.5 Å². The van der Waals surface area contributed by atoms with Crippen LogP contribution in [0.1, 0.15) is 23.2 Å². The lowest BCUT2D eigenvalue weighted by atomic mass is 9.89. The van der Waals surface area contributed by atoms with Crippen LogP contribution >= 0.6 is 0 Å². The number of hydrogen-bond acceptors (Lipinski definition) is 7. The van der Waals surface area contributed by atoms with Gasteiger partial charge in [0.2, 0.25) is 0 Å². The van der Waals surface area contributed by atoms with E-state index in [1.807, 2.05) is 17.9 Å². The normalized spacial score (nSPS) is 19.3. The molecule has 0 aromatic carbocycles. The van der Waals surface area contributed by atoms with E-state index in [1.54, 1.807) is 17.1 Å². The third-order valence-electron chi connectivity index (χ3n) is 4.85. The highest BCUT2D eigenvalue weighted by Crippen LogP contribution is 2.28. The molecule has 0 unspecified atom stereocenters. The van der Waals surface area contributed by atoms with E-state index < -0.39 is 0 Å². The Hall–Kier alpha value is -2.55. The van der Waals surface area contributed by atoms with Gasteiger partial charge in [-0.15, -0.1) is 5.10 Å². The van der Waals surface area contributed by atoms with Crippen LogP contribution in [0.4, 0.5) is 5.82 Å². The SMILES string of the molecule is Cc1nccc(N2CCN(C(=O)c3cn(CC4(C)COC4)nn3)CC2)n1. The van der Waals surface area contributed by atoms with Gasteiger partial charge >= 0.3 is 0 Å². The van der Waals surface area contributed by atoms with Crippen LogP contribution < -0.4 is 4.90 Å². The van der Waals surface area contributed by atoms with Crippen molar-refractivity contribution in [3.63, 3.8) is 0 Å². The molecule has 2 aliphatic rings. The number of aryl methyl sites for hydroxylation is 1. The van der Waals surface area contributed by atoms with Gasteiger partial charge in [0.05, 0.1) is 26.0 Å². The van der Waals surface area contributed by atoms with Crippen molar-refractivity contribution >= 4 is 11.7 Å². The summed E-state index contributed by atoms with van der Waals surface area (Å²) in [7, 11) is 0. The van der Waals surface area contributed by atoms with Gasteiger partial charge in [-0.25, -0.2) is 9.97 Å². The Morgan fingerprint density at radius 1 is 1.27 bits per heavy atom. The zero-order valence-electron chi connectivity index (χ0n) is 15.1. The van der Waals surface area contributed by atoms with Gasteiger partial charge < -0.3 is 14.5 Å². The molecular weight excluding hydrogens is 334 g/mol. The summed E-state index contributed by atoms with van der Waals surface area (Å²) in [6.45, 7) is 8.95. The fraction of sp³-hybridized carbons (Fsp3) is 0.588. The topological polar surface area (TPSA) is 89.3 Å². The van der Waals surface area contributed by atoms with Crippen LogP contribution in [-0.4, -0.2) is 75.2 Å². The smallest absolute Gasteiger partial charge is 0.276 e. The van der Waals surface area contributed by atoms with Crippen LogP contribution in [0.25, 0.3) is 0 Å². The van der Waals surface area contributed by atoms with Gasteiger partial charge in [-0.1, -0.05) is 12.1 Å². The average molecular weight is 357 g/mol. The monoisotopic (exact) mass is 357 g/mol. The molecule has 0 bridgehead atoms. The quantitative estimate of drug-likeness (QED) is 0.781. The molecule has 26 heavy (non-hydrogen) atoms. The lowest BCUT2D eigenvalue weighted by molar-refractivity contribution is -0.111. The maximum Gasteiger partial charge on any atom is 0.276 e. The second-order valence-corrected chi connectivity index (χ2v) is 7.35. The van der Waals surface area contributed by atoms with Gasteiger partial charge in [0, 0.05) is 37.8 Å². The molecule has 1 amide bonds. The molecule has 0 N–H and O–H groups in total. The first-order valence-corrected chi connectivity index (χ1v) is 8.84. The predicted molar refractivity (Wildman–Crippen MR) is 93.8 cm³/mol. The van der Waals surface area contributed by atoms with Crippen LogP contribution in [0.5, 0.6) is 0 Å². The Labute approximate surface area is 152 Å². The van der Waals surface area contributed by atoms with Crippen molar-refractivity contribution in [2.24, 2.45) is 5.41 Å². The van der Waals surface area contributed by atoms with E-state index >= 15 is 0 Å². The maximum atomic E-state index is 12.7. The highest BCUT2D eigenvalue weighted by atomic mass is 16.5. The standard InChI is InChI=1S/C17H23N7O2/c1-13-18-4-3-15(19-13)22-5-7-23(8-6-22)16(25)14-9-24(21-20-14)10-17(2)11-26-12-17/h3-4,9H,5-8,10-12H2,1-2H3. The molecule has 138 valence electrons. The number of ether oxygens (including phenoxy) is 1. The molecule has 2 aromatic rings. The number of carbonyl (C=O) groups excluding carboxylic acids is 1. The number of amides is 1. The van der Waals surface area contributed by atoms with Gasteiger partial charge in [0.1, 0.15) is 11.6 Å². The average Bonchev–Trinajstić information content (AvgIpc) is 3.08. The van der Waals surface area contributed by atoms with Gasteiger partial charge in [-0.05, 0) is 13.0 Å². The van der Waals surface area contributed by atoms with Crippen molar-refractivity contribution in [1.82, 2.24) is 29.9 Å². The summed E-state index contributed by atoms with van der Waals surface area (Å²) >= 11 is 0. The second-order valence-electron chi connectivity index (χ2n) is 7.35. The first-order chi connectivity index (χ1) is 12.5. The zero-order chi connectivity index (χ0) is 18.1. The summed E-state index contributed by atoms with van der Waals surface area (Å²) in [4.78, 5) is 25.3. The number of piperazine rings is 1. The molecule has 2 aromatic heterocycles. The molecule has 0 radical (unpaired) electrons. The van der Waals surface area contributed by atoms with Crippen LogP contribution in [0.2, 0.25) is 0 Å². The molecule has 0 spiro atoms. The predicted octanol–water partition coefficient (Wildman–Crippen LogP) is 0.375. The minimum absolute atomic E-state index is 0.0650. The number of hydrogen-bond donors (Lipinski definition) is 0. The Morgan fingerprint density at radius 3 is 2.69 bits per heavy atom. The number of carbonyl (C=O) groups is 1. The Bertz CT molecular complexity index is 794. The van der Waals surface area contributed by atoms with Crippen LogP contribution in [-0.2, 0) is 11.3 Å². The first kappa shape index (κ1) is 16.9. The zero-order valence-corrected chi connectivity index (χ0v) is 15.1. The molecule has 2 saturated heterocycles. The van der Waals surface area contributed by atoms with Crippen LogP contribution in [0, 0.1) is 12.3 Å². The minimum atomic E-state index is -0.0650. The molecule has 0 atom stereocenters. The van der Waals surface area contributed by atoms with Gasteiger partial charge in [-0.3, -0.25) is 9.48 Å². The van der Waals surface area contributed by atoms with E-state index in [-0.39, 0.29) is 11.3 Å². The highest BCUT2D eigenvalue weighted by molar-refractivity contribution is 5.92. The third-order valence-corrected chi connectivity index (χ3v) is 4.85. The van der Waals surface area contributed by atoms with E-state index in [2.05, 4.69) is 32.1 Å². The largest absolute Gasteiger partial charge is 0.380 e. The van der Waals surface area contributed by atoms with Gasteiger partial charge in [0.15, 0.2) is 5.69 Å². The fourth-order valence-electron chi connectivity index (χ4n) is 3.33. The molecule has 4 heterocycles. The van der Waals surface area contributed by atoms with Crippen molar-refractivity contribution in [2.75, 3.05) is 44.3 Å². The first-order valence-electron chi connectivity index (χ1n) is 8.84. The van der Waals surface area contributed by atoms with Crippen LogP contribution in [0.3, 0.4) is 0 Å². The molecule has 2 fully saturated rings. The van der Waals surface area contributed by atoms with Crippen molar-refractivity contribution in [3.8, 4) is 0 Å². The number of aromatic nitrogens is 5. The summed E-state index contributed by atoms with van der Waals surface area (Å²) in [5.41, 5.74) is 0.496. The summed E-state index contributed by atoms with van der Waals surface area (Å²) in [5, 5.41) is 8.18. The minimum Gasteiger partial charge on any atom is -0.380 e. The van der Waals surface area contributed by atoms with E-state index in [9.17, 15) is 4.79 Å². The maximum absolute atomic E-state index is 12.7. The summed E-state index contributed by atoms with van der Waals surface area (Å²) in [6.07, 6.45) is 3.51. The lowest BCUT2D eigenvalue weighted by Gasteiger charge is -2.37. The van der Waals surface area contributed by atoms with E-state index in [1.165, 1.54) is 0 Å². The lowest BCUT2D eigenvalue weighted by Crippen LogP contribution is -2.49. The number of nitrogens with zero attached hydrogens (tertiary/aromatic N) is 7. The summed E-state index contributed by atoms with van der Waals surface area (Å²) in [6, 6.07) is 1.90. The Balaban J connectivity index is 1.35. The summed E-state index contributed by atoms with van der Waals surface area (Å²) in [5.74, 6) is 1.60. The number of rotatable bonds is 4.